The van der Waals surface area contributed by atoms with Gasteiger partial charge in [-0.1, -0.05) is 20.3 Å². The summed E-state index contributed by atoms with van der Waals surface area (Å²) in [7, 11) is 0. The van der Waals surface area contributed by atoms with Gasteiger partial charge in [-0.3, -0.25) is 0 Å². The minimum absolute atomic E-state index is 0.101. The highest BCUT2D eigenvalue weighted by Gasteiger charge is 2.23. The summed E-state index contributed by atoms with van der Waals surface area (Å²) in [4.78, 5) is 0. The van der Waals surface area contributed by atoms with Crippen LogP contribution in [0.2, 0.25) is 0 Å². The summed E-state index contributed by atoms with van der Waals surface area (Å²) in [5.41, 5.74) is -1.59. The molecule has 0 amide bonds. The second-order valence-corrected chi connectivity index (χ2v) is 6.28. The number of allylic oxidation sites excluding steroid dienone is 1. The van der Waals surface area contributed by atoms with Crippen LogP contribution in [0.3, 0.4) is 0 Å². The molecule has 0 aromatic heterocycles. The van der Waals surface area contributed by atoms with Crippen LogP contribution in [0.25, 0.3) is 17.2 Å². The van der Waals surface area contributed by atoms with Gasteiger partial charge in [-0.05, 0) is 53.8 Å². The molecule has 2 aromatic carbocycles. The number of rotatable bonds is 5. The monoisotopic (exact) mass is 390 g/mol. The Bertz CT molecular complexity index is 804. The van der Waals surface area contributed by atoms with E-state index >= 15 is 0 Å². The summed E-state index contributed by atoms with van der Waals surface area (Å²) in [6.45, 7) is 3.73. The van der Waals surface area contributed by atoms with Crippen LogP contribution in [-0.2, 0) is 0 Å². The third-order valence-electron chi connectivity index (χ3n) is 4.16. The summed E-state index contributed by atoms with van der Waals surface area (Å²) < 4.78 is 93.5. The van der Waals surface area contributed by atoms with Crippen molar-refractivity contribution in [1.82, 2.24) is 0 Å². The maximum Gasteiger partial charge on any atom is 0.409 e. The molecule has 1 atom stereocenters. The molecule has 1 unspecified atom stereocenters. The Balaban J connectivity index is 2.49. The number of hydrogen-bond donors (Lipinski definition) is 0. The van der Waals surface area contributed by atoms with Gasteiger partial charge in [-0.2, -0.15) is 13.2 Å². The van der Waals surface area contributed by atoms with E-state index in [4.69, 9.17) is 0 Å². The predicted octanol–water partition coefficient (Wildman–Crippen LogP) is 7.39. The van der Waals surface area contributed by atoms with Crippen molar-refractivity contribution < 1.29 is 30.7 Å². The quantitative estimate of drug-likeness (QED) is 0.467. The highest BCUT2D eigenvalue weighted by Crippen LogP contribution is 2.33. The van der Waals surface area contributed by atoms with Crippen molar-refractivity contribution in [2.75, 3.05) is 0 Å². The zero-order valence-electron chi connectivity index (χ0n) is 14.6. The molecule has 2 rings (SSSR count). The van der Waals surface area contributed by atoms with Crippen LogP contribution < -0.4 is 0 Å². The lowest BCUT2D eigenvalue weighted by molar-refractivity contribution is -0.0790. The first-order valence-corrected chi connectivity index (χ1v) is 8.27. The Morgan fingerprint density at radius 2 is 1.41 bits per heavy atom. The van der Waals surface area contributed by atoms with Gasteiger partial charge in [-0.15, -0.1) is 0 Å². The van der Waals surface area contributed by atoms with Gasteiger partial charge in [0.15, 0.2) is 0 Å². The van der Waals surface area contributed by atoms with Gasteiger partial charge < -0.3 is 0 Å². The number of benzene rings is 2. The third-order valence-corrected chi connectivity index (χ3v) is 4.16. The third kappa shape index (κ3) is 5.11. The first kappa shape index (κ1) is 21.0. The van der Waals surface area contributed by atoms with Crippen molar-refractivity contribution in [2.24, 2.45) is 0 Å². The average molecular weight is 390 g/mol. The van der Waals surface area contributed by atoms with Gasteiger partial charge in [0.1, 0.15) is 23.3 Å². The summed E-state index contributed by atoms with van der Waals surface area (Å²) in [5.74, 6) is -4.80. The molecule has 0 aliphatic carbocycles. The zero-order chi connectivity index (χ0) is 20.4. The smallest absolute Gasteiger partial charge is 0.206 e. The minimum atomic E-state index is -4.75. The molecule has 7 heteroatoms. The van der Waals surface area contributed by atoms with Crippen LogP contribution in [0.4, 0.5) is 30.7 Å². The number of alkyl halides is 3. The van der Waals surface area contributed by atoms with Gasteiger partial charge in [0.05, 0.1) is 5.56 Å². The molecular weight excluding hydrogens is 373 g/mol. The molecule has 0 radical (unpaired) electrons. The van der Waals surface area contributed by atoms with Crippen molar-refractivity contribution in [2.45, 2.75) is 38.8 Å². The highest BCUT2D eigenvalue weighted by atomic mass is 19.4. The van der Waals surface area contributed by atoms with Crippen LogP contribution in [0.1, 0.15) is 43.7 Å². The van der Waals surface area contributed by atoms with Gasteiger partial charge in [0.2, 0.25) is 0 Å². The first-order valence-electron chi connectivity index (χ1n) is 8.27. The van der Waals surface area contributed by atoms with E-state index in [1.54, 1.807) is 6.92 Å². The summed E-state index contributed by atoms with van der Waals surface area (Å²) >= 11 is 0. The average Bonchev–Trinajstić information content (AvgIpc) is 2.52. The Labute approximate surface area is 152 Å². The minimum Gasteiger partial charge on any atom is -0.206 e. The van der Waals surface area contributed by atoms with Crippen LogP contribution in [0.15, 0.2) is 30.3 Å². The molecular formula is C20H17F7. The molecule has 0 aliphatic rings. The van der Waals surface area contributed by atoms with Crippen LogP contribution in [-0.4, -0.2) is 6.18 Å². The SMILES string of the molecule is CCCC(C)c1cc(F)c(-c2cc(F)c(/C=C/C(F)(F)F)c(F)c2)c(F)c1. The second kappa shape index (κ2) is 8.15. The molecule has 0 heterocycles. The normalized spacial score (nSPS) is 13.4. The molecule has 27 heavy (non-hydrogen) atoms. The molecule has 2 aromatic rings. The number of hydrogen-bond acceptors (Lipinski definition) is 0. The molecule has 0 bridgehead atoms. The standard InChI is InChI=1S/C20H17F7/c1-3-4-11(2)12-7-17(23)19(18(24)8-12)13-9-15(21)14(16(22)10-13)5-6-20(25,26)27/h5-11H,3-4H2,1-2H3/b6-5+. The molecule has 146 valence electrons. The fraction of sp³-hybridized carbons (Fsp3) is 0.300. The molecule has 0 spiro atoms. The van der Waals surface area contributed by atoms with E-state index in [-0.39, 0.29) is 18.1 Å². The Hall–Kier alpha value is -2.31. The molecule has 0 saturated carbocycles. The van der Waals surface area contributed by atoms with Crippen molar-refractivity contribution in [3.63, 3.8) is 0 Å². The van der Waals surface area contributed by atoms with E-state index in [9.17, 15) is 30.7 Å². The van der Waals surface area contributed by atoms with E-state index in [2.05, 4.69) is 0 Å². The fourth-order valence-corrected chi connectivity index (χ4v) is 2.82. The number of halogens is 7. The summed E-state index contributed by atoms with van der Waals surface area (Å²) in [6, 6.07) is 3.42. The fourth-order valence-electron chi connectivity index (χ4n) is 2.82. The molecule has 0 saturated heterocycles. The molecule has 0 N–H and O–H groups in total. The van der Waals surface area contributed by atoms with E-state index in [1.807, 2.05) is 6.92 Å². The Morgan fingerprint density at radius 1 is 0.889 bits per heavy atom. The predicted molar refractivity (Wildman–Crippen MR) is 90.1 cm³/mol. The highest BCUT2D eigenvalue weighted by molar-refractivity contribution is 5.68. The molecule has 0 fully saturated rings. The van der Waals surface area contributed by atoms with Gasteiger partial charge in [0, 0.05) is 11.6 Å². The van der Waals surface area contributed by atoms with Crippen molar-refractivity contribution in [1.29, 1.82) is 0 Å². The van der Waals surface area contributed by atoms with Crippen LogP contribution in [0.5, 0.6) is 0 Å². The first-order chi connectivity index (χ1) is 12.5. The maximum absolute atomic E-state index is 14.4. The lowest BCUT2D eigenvalue weighted by atomic mass is 9.93. The van der Waals surface area contributed by atoms with E-state index in [0.29, 0.717) is 24.1 Å². The lowest BCUT2D eigenvalue weighted by Crippen LogP contribution is -2.02. The van der Waals surface area contributed by atoms with E-state index in [1.165, 1.54) is 0 Å². The Kier molecular flexibility index (Phi) is 6.34. The van der Waals surface area contributed by atoms with Gasteiger partial charge in [-0.25, -0.2) is 17.6 Å². The van der Waals surface area contributed by atoms with Crippen LogP contribution >= 0.6 is 0 Å². The van der Waals surface area contributed by atoms with E-state index in [0.717, 1.165) is 18.6 Å². The second-order valence-electron chi connectivity index (χ2n) is 6.28. The topological polar surface area (TPSA) is 0 Å². The van der Waals surface area contributed by atoms with Crippen LogP contribution in [0, 0.1) is 23.3 Å². The van der Waals surface area contributed by atoms with Crippen molar-refractivity contribution >= 4 is 6.08 Å². The van der Waals surface area contributed by atoms with E-state index < -0.39 is 46.1 Å². The Morgan fingerprint density at radius 3 is 1.85 bits per heavy atom. The van der Waals surface area contributed by atoms with Crippen molar-refractivity contribution in [3.8, 4) is 11.1 Å². The zero-order valence-corrected chi connectivity index (χ0v) is 14.6. The summed E-state index contributed by atoms with van der Waals surface area (Å²) in [6.07, 6.45) is -3.31. The van der Waals surface area contributed by atoms with Crippen molar-refractivity contribution in [3.05, 3.63) is 64.7 Å². The summed E-state index contributed by atoms with van der Waals surface area (Å²) in [5, 5.41) is 0. The van der Waals surface area contributed by atoms with Gasteiger partial charge >= 0.3 is 6.18 Å². The molecule has 0 nitrogen and oxygen atoms in total. The lowest BCUT2D eigenvalue weighted by Gasteiger charge is -2.14. The largest absolute Gasteiger partial charge is 0.409 e. The molecule has 0 aliphatic heterocycles. The maximum atomic E-state index is 14.4. The van der Waals surface area contributed by atoms with Gasteiger partial charge in [0.25, 0.3) is 0 Å².